The molecule has 0 spiro atoms. The van der Waals surface area contributed by atoms with Crippen molar-refractivity contribution >= 4 is 27.6 Å². The first-order chi connectivity index (χ1) is 11.2. The van der Waals surface area contributed by atoms with Crippen LogP contribution in [0.4, 0.5) is 0 Å². The Bertz CT molecular complexity index is 773. The van der Waals surface area contributed by atoms with E-state index < -0.39 is 0 Å². The van der Waals surface area contributed by atoms with Crippen molar-refractivity contribution in [1.82, 2.24) is 14.7 Å². The molecule has 2 N–H and O–H groups in total. The van der Waals surface area contributed by atoms with E-state index in [0.29, 0.717) is 5.92 Å². The summed E-state index contributed by atoms with van der Waals surface area (Å²) in [6.45, 7) is 2.95. The van der Waals surface area contributed by atoms with Gasteiger partial charge in [-0.05, 0) is 37.6 Å². The first-order valence-electron chi connectivity index (χ1n) is 8.11. The zero-order valence-corrected chi connectivity index (χ0v) is 14.7. The lowest BCUT2D eigenvalue weighted by molar-refractivity contribution is 0.157. The minimum absolute atomic E-state index is 0.253. The number of hydrogen-bond donors (Lipinski definition) is 2. The van der Waals surface area contributed by atoms with Crippen LogP contribution in [0.25, 0.3) is 4.96 Å². The largest absolute Gasteiger partial charge is 0.388 e. The van der Waals surface area contributed by atoms with Gasteiger partial charge in [-0.15, -0.1) is 22.7 Å². The second kappa shape index (κ2) is 6.36. The van der Waals surface area contributed by atoms with Crippen molar-refractivity contribution in [2.24, 2.45) is 0 Å². The second-order valence-electron chi connectivity index (χ2n) is 6.32. The molecule has 1 fully saturated rings. The third kappa shape index (κ3) is 3.21. The standard InChI is InChI=1S/C17H21N3OS2/c1-11(9-14(21)15-3-2-7-22-15)18-10-13-16(12-4-5-12)19-17-20(13)6-8-23-17/h2-3,6-8,11-12,14,18,21H,4-5,9-10H2,1H3. The lowest BCUT2D eigenvalue weighted by Crippen LogP contribution is -2.28. The molecule has 1 aliphatic rings. The van der Waals surface area contributed by atoms with Gasteiger partial charge in [0.2, 0.25) is 0 Å². The SMILES string of the molecule is CC(CC(O)c1cccs1)NCc1c(C2CC2)nc2sccn12. The van der Waals surface area contributed by atoms with Crippen LogP contribution in [-0.4, -0.2) is 20.5 Å². The molecule has 0 radical (unpaired) electrons. The number of aliphatic hydroxyl groups excluding tert-OH is 1. The van der Waals surface area contributed by atoms with Gasteiger partial charge in [-0.25, -0.2) is 4.98 Å². The Morgan fingerprint density at radius 2 is 2.26 bits per heavy atom. The number of thiazole rings is 1. The molecule has 122 valence electrons. The average molecular weight is 348 g/mol. The molecule has 0 aromatic carbocycles. The fraction of sp³-hybridized carbons (Fsp3) is 0.471. The van der Waals surface area contributed by atoms with Crippen molar-refractivity contribution in [2.45, 2.75) is 50.8 Å². The quantitative estimate of drug-likeness (QED) is 0.681. The Hall–Kier alpha value is -1.21. The van der Waals surface area contributed by atoms with Gasteiger partial charge in [-0.1, -0.05) is 6.07 Å². The molecule has 23 heavy (non-hydrogen) atoms. The van der Waals surface area contributed by atoms with Gasteiger partial charge in [0.25, 0.3) is 0 Å². The highest BCUT2D eigenvalue weighted by atomic mass is 32.1. The van der Waals surface area contributed by atoms with Crippen LogP contribution in [0.15, 0.2) is 29.1 Å². The van der Waals surface area contributed by atoms with Gasteiger partial charge in [-0.3, -0.25) is 4.40 Å². The lowest BCUT2D eigenvalue weighted by atomic mass is 10.1. The smallest absolute Gasteiger partial charge is 0.194 e. The third-order valence-corrected chi connectivity index (χ3v) is 6.15. The van der Waals surface area contributed by atoms with E-state index in [1.165, 1.54) is 24.2 Å². The number of fused-ring (bicyclic) bond motifs is 1. The molecule has 3 aromatic heterocycles. The molecular formula is C17H21N3OS2. The summed E-state index contributed by atoms with van der Waals surface area (Å²) in [6.07, 6.45) is 4.99. The Kier molecular flexibility index (Phi) is 4.24. The summed E-state index contributed by atoms with van der Waals surface area (Å²) in [4.78, 5) is 6.94. The van der Waals surface area contributed by atoms with Gasteiger partial charge >= 0.3 is 0 Å². The number of nitrogens with one attached hydrogen (secondary N) is 1. The van der Waals surface area contributed by atoms with Crippen molar-refractivity contribution in [3.8, 4) is 0 Å². The number of rotatable bonds is 7. The van der Waals surface area contributed by atoms with Crippen molar-refractivity contribution < 1.29 is 5.11 Å². The molecular weight excluding hydrogens is 326 g/mol. The van der Waals surface area contributed by atoms with Crippen LogP contribution >= 0.6 is 22.7 Å². The van der Waals surface area contributed by atoms with Crippen molar-refractivity contribution in [3.63, 3.8) is 0 Å². The van der Waals surface area contributed by atoms with E-state index in [2.05, 4.69) is 28.2 Å². The Labute approximate surface area is 143 Å². The molecule has 2 unspecified atom stereocenters. The van der Waals surface area contributed by atoms with Crippen LogP contribution in [0.3, 0.4) is 0 Å². The van der Waals surface area contributed by atoms with Crippen molar-refractivity contribution in [1.29, 1.82) is 0 Å². The van der Waals surface area contributed by atoms with Crippen LogP contribution in [0.2, 0.25) is 0 Å². The summed E-state index contributed by atoms with van der Waals surface area (Å²) in [5, 5.41) is 18.0. The molecule has 4 rings (SSSR count). The Morgan fingerprint density at radius 1 is 1.39 bits per heavy atom. The zero-order chi connectivity index (χ0) is 15.8. The number of nitrogens with zero attached hydrogens (tertiary/aromatic N) is 2. The summed E-state index contributed by atoms with van der Waals surface area (Å²) < 4.78 is 2.22. The van der Waals surface area contributed by atoms with Crippen LogP contribution in [0.5, 0.6) is 0 Å². The fourth-order valence-electron chi connectivity index (χ4n) is 2.99. The number of aromatic nitrogens is 2. The molecule has 3 aromatic rings. The Balaban J connectivity index is 1.42. The molecule has 3 heterocycles. The van der Waals surface area contributed by atoms with Gasteiger partial charge in [0.15, 0.2) is 4.96 Å². The van der Waals surface area contributed by atoms with Gasteiger partial charge in [0.05, 0.1) is 17.5 Å². The van der Waals surface area contributed by atoms with Crippen molar-refractivity contribution in [3.05, 3.63) is 45.4 Å². The van der Waals surface area contributed by atoms with E-state index in [9.17, 15) is 5.11 Å². The first-order valence-corrected chi connectivity index (χ1v) is 9.87. The predicted molar refractivity (Wildman–Crippen MR) is 95.2 cm³/mol. The van der Waals surface area contributed by atoms with E-state index in [4.69, 9.17) is 4.98 Å². The predicted octanol–water partition coefficient (Wildman–Crippen LogP) is 3.94. The summed E-state index contributed by atoms with van der Waals surface area (Å²) in [5.74, 6) is 0.658. The van der Waals surface area contributed by atoms with E-state index in [1.807, 2.05) is 17.5 Å². The van der Waals surface area contributed by atoms with Crippen LogP contribution in [0.1, 0.15) is 54.5 Å². The Morgan fingerprint density at radius 3 is 3.00 bits per heavy atom. The van der Waals surface area contributed by atoms with Gasteiger partial charge in [-0.2, -0.15) is 0 Å². The fourth-order valence-corrected chi connectivity index (χ4v) is 4.46. The lowest BCUT2D eigenvalue weighted by Gasteiger charge is -2.17. The molecule has 6 heteroatoms. The van der Waals surface area contributed by atoms with Gasteiger partial charge in [0.1, 0.15) is 0 Å². The number of imidazole rings is 1. The normalized spacial score (nSPS) is 17.7. The zero-order valence-electron chi connectivity index (χ0n) is 13.1. The van der Waals surface area contributed by atoms with E-state index >= 15 is 0 Å². The highest BCUT2D eigenvalue weighted by molar-refractivity contribution is 7.15. The van der Waals surface area contributed by atoms with Gasteiger partial charge < -0.3 is 10.4 Å². The maximum absolute atomic E-state index is 10.3. The minimum atomic E-state index is -0.382. The van der Waals surface area contributed by atoms with E-state index in [-0.39, 0.29) is 12.1 Å². The molecule has 0 aliphatic heterocycles. The first kappa shape index (κ1) is 15.3. The topological polar surface area (TPSA) is 49.6 Å². The maximum atomic E-state index is 10.3. The van der Waals surface area contributed by atoms with E-state index in [0.717, 1.165) is 22.8 Å². The summed E-state index contributed by atoms with van der Waals surface area (Å²) in [6, 6.07) is 4.24. The van der Waals surface area contributed by atoms with Crippen molar-refractivity contribution in [2.75, 3.05) is 0 Å². The highest BCUT2D eigenvalue weighted by Crippen LogP contribution is 2.41. The van der Waals surface area contributed by atoms with Gasteiger partial charge in [0, 0.05) is 35.0 Å². The molecule has 0 amide bonds. The molecule has 4 nitrogen and oxygen atoms in total. The molecule has 2 atom stereocenters. The average Bonchev–Trinajstić information content (AvgIpc) is 2.96. The molecule has 0 bridgehead atoms. The molecule has 1 aliphatic carbocycles. The molecule has 0 saturated heterocycles. The number of aliphatic hydroxyl groups is 1. The number of hydrogen-bond acceptors (Lipinski definition) is 5. The number of thiophene rings is 1. The highest BCUT2D eigenvalue weighted by Gasteiger charge is 2.30. The summed E-state index contributed by atoms with van der Waals surface area (Å²) in [5.41, 5.74) is 2.57. The van der Waals surface area contributed by atoms with Crippen LogP contribution in [0, 0.1) is 0 Å². The minimum Gasteiger partial charge on any atom is -0.388 e. The summed E-state index contributed by atoms with van der Waals surface area (Å²) in [7, 11) is 0. The maximum Gasteiger partial charge on any atom is 0.194 e. The van der Waals surface area contributed by atoms with E-state index in [1.54, 1.807) is 22.7 Å². The monoisotopic (exact) mass is 347 g/mol. The van der Waals surface area contributed by atoms with Crippen LogP contribution < -0.4 is 5.32 Å². The van der Waals surface area contributed by atoms with Crippen LogP contribution in [-0.2, 0) is 6.54 Å². The summed E-state index contributed by atoms with van der Waals surface area (Å²) >= 11 is 3.31. The third-order valence-electron chi connectivity index (χ3n) is 4.42. The second-order valence-corrected chi connectivity index (χ2v) is 8.17. The molecule has 1 saturated carbocycles.